The van der Waals surface area contributed by atoms with Crippen LogP contribution >= 0.6 is 11.3 Å². The molecule has 0 spiro atoms. The molecule has 8 nitrogen and oxygen atoms in total. The van der Waals surface area contributed by atoms with Crippen molar-refractivity contribution in [2.75, 3.05) is 11.9 Å². The van der Waals surface area contributed by atoms with Gasteiger partial charge in [0.15, 0.2) is 4.83 Å². The molecule has 2 heterocycles. The number of benzene rings is 1. The standard InChI is InChI=1S/C20H22N4O4S/c1-5-15(24-19(26)16-11(3)12(4)29-18(16)22-23-24)17(25)21-14-9-7-8-13(10-14)20(27)28-6-2/h7-10,15H,5-6H2,1-4H3,(H,21,25). The topological polar surface area (TPSA) is 103 Å². The largest absolute Gasteiger partial charge is 0.462 e. The third-order valence-electron chi connectivity index (χ3n) is 4.65. The Morgan fingerprint density at radius 1 is 1.28 bits per heavy atom. The maximum atomic E-state index is 13.0. The summed E-state index contributed by atoms with van der Waals surface area (Å²) in [4.78, 5) is 39.3. The summed E-state index contributed by atoms with van der Waals surface area (Å²) in [6.45, 7) is 7.57. The van der Waals surface area contributed by atoms with E-state index in [4.69, 9.17) is 4.74 Å². The van der Waals surface area contributed by atoms with E-state index < -0.39 is 17.9 Å². The van der Waals surface area contributed by atoms with Gasteiger partial charge in [0.1, 0.15) is 6.04 Å². The molecule has 0 bridgehead atoms. The molecule has 0 aliphatic carbocycles. The molecule has 1 N–H and O–H groups in total. The fourth-order valence-corrected chi connectivity index (χ4v) is 3.98. The average Bonchev–Trinajstić information content (AvgIpc) is 2.99. The van der Waals surface area contributed by atoms with Gasteiger partial charge < -0.3 is 10.1 Å². The second-order valence-corrected chi connectivity index (χ2v) is 7.72. The number of fused-ring (bicyclic) bond motifs is 1. The summed E-state index contributed by atoms with van der Waals surface area (Å²) < 4.78 is 6.11. The number of anilines is 1. The van der Waals surface area contributed by atoms with E-state index in [1.165, 1.54) is 17.4 Å². The number of ether oxygens (including phenoxy) is 1. The third-order valence-corrected chi connectivity index (χ3v) is 5.74. The van der Waals surface area contributed by atoms with Gasteiger partial charge in [-0.15, -0.1) is 16.4 Å². The van der Waals surface area contributed by atoms with Gasteiger partial charge in [-0.2, -0.15) is 4.68 Å². The molecule has 9 heteroatoms. The molecular formula is C20H22N4O4S. The summed E-state index contributed by atoms with van der Waals surface area (Å²) in [5.74, 6) is -0.875. The van der Waals surface area contributed by atoms with E-state index in [0.717, 1.165) is 15.1 Å². The zero-order valence-corrected chi connectivity index (χ0v) is 17.5. The van der Waals surface area contributed by atoms with Crippen LogP contribution in [0.15, 0.2) is 29.1 Å². The Kier molecular flexibility index (Phi) is 6.07. The minimum atomic E-state index is -0.828. The molecule has 1 aromatic carbocycles. The van der Waals surface area contributed by atoms with Gasteiger partial charge in [0, 0.05) is 10.6 Å². The number of hydrogen-bond donors (Lipinski definition) is 1. The summed E-state index contributed by atoms with van der Waals surface area (Å²) in [7, 11) is 0. The Hall–Kier alpha value is -3.07. The number of esters is 1. The number of thiophene rings is 1. The smallest absolute Gasteiger partial charge is 0.338 e. The number of hydrogen-bond acceptors (Lipinski definition) is 7. The lowest BCUT2D eigenvalue weighted by Gasteiger charge is -2.16. The number of amides is 1. The van der Waals surface area contributed by atoms with E-state index in [0.29, 0.717) is 27.9 Å². The number of nitrogens with zero attached hydrogens (tertiary/aromatic N) is 3. The highest BCUT2D eigenvalue weighted by Gasteiger charge is 2.24. The van der Waals surface area contributed by atoms with Crippen LogP contribution in [0.3, 0.4) is 0 Å². The van der Waals surface area contributed by atoms with E-state index in [2.05, 4.69) is 15.6 Å². The lowest BCUT2D eigenvalue weighted by atomic mass is 10.1. The molecule has 3 rings (SSSR count). The van der Waals surface area contributed by atoms with Gasteiger partial charge in [-0.3, -0.25) is 9.59 Å². The molecule has 1 amide bonds. The highest BCUT2D eigenvalue weighted by molar-refractivity contribution is 7.18. The van der Waals surface area contributed by atoms with Crippen LogP contribution in [-0.2, 0) is 9.53 Å². The van der Waals surface area contributed by atoms with Crippen LogP contribution in [0.4, 0.5) is 5.69 Å². The quantitative estimate of drug-likeness (QED) is 0.621. The minimum absolute atomic E-state index is 0.263. The summed E-state index contributed by atoms with van der Waals surface area (Å²) in [5.41, 5.74) is 1.29. The zero-order chi connectivity index (χ0) is 21.1. The van der Waals surface area contributed by atoms with Gasteiger partial charge in [-0.05, 0) is 51.0 Å². The molecule has 0 fully saturated rings. The summed E-state index contributed by atoms with van der Waals surface area (Å²) in [6, 6.07) is 5.63. The maximum absolute atomic E-state index is 13.0. The van der Waals surface area contributed by atoms with Gasteiger partial charge in [0.2, 0.25) is 5.91 Å². The first-order valence-electron chi connectivity index (χ1n) is 9.30. The van der Waals surface area contributed by atoms with Gasteiger partial charge in [-0.25, -0.2) is 4.79 Å². The Morgan fingerprint density at radius 3 is 2.72 bits per heavy atom. The van der Waals surface area contributed by atoms with Crippen molar-refractivity contribution in [2.24, 2.45) is 0 Å². The van der Waals surface area contributed by atoms with Crippen LogP contribution in [0.25, 0.3) is 10.2 Å². The number of rotatable bonds is 6. The van der Waals surface area contributed by atoms with Crippen molar-refractivity contribution in [3.63, 3.8) is 0 Å². The number of carbonyl (C=O) groups is 2. The predicted octanol–water partition coefficient (Wildman–Crippen LogP) is 3.24. The van der Waals surface area contributed by atoms with Crippen molar-refractivity contribution in [3.05, 3.63) is 50.6 Å². The first-order valence-corrected chi connectivity index (χ1v) is 10.1. The van der Waals surface area contributed by atoms with Gasteiger partial charge in [0.05, 0.1) is 17.6 Å². The maximum Gasteiger partial charge on any atom is 0.338 e. The summed E-state index contributed by atoms with van der Waals surface area (Å²) >= 11 is 1.41. The second kappa shape index (κ2) is 8.52. The van der Waals surface area contributed by atoms with Crippen molar-refractivity contribution >= 4 is 39.1 Å². The molecule has 0 saturated carbocycles. The normalized spacial score (nSPS) is 12.0. The molecule has 0 radical (unpaired) electrons. The molecular weight excluding hydrogens is 392 g/mol. The first kappa shape index (κ1) is 20.7. The molecule has 29 heavy (non-hydrogen) atoms. The molecule has 152 valence electrons. The zero-order valence-electron chi connectivity index (χ0n) is 16.7. The highest BCUT2D eigenvalue weighted by atomic mass is 32.1. The van der Waals surface area contributed by atoms with Crippen molar-refractivity contribution < 1.29 is 14.3 Å². The first-order chi connectivity index (χ1) is 13.9. The van der Waals surface area contributed by atoms with Crippen LogP contribution in [0.1, 0.15) is 47.1 Å². The number of aromatic nitrogens is 3. The third kappa shape index (κ3) is 4.04. The van der Waals surface area contributed by atoms with Crippen molar-refractivity contribution in [3.8, 4) is 0 Å². The summed E-state index contributed by atoms with van der Waals surface area (Å²) in [5, 5.41) is 11.4. The molecule has 1 atom stereocenters. The Balaban J connectivity index is 1.90. The second-order valence-electron chi connectivity index (χ2n) is 6.52. The van der Waals surface area contributed by atoms with Crippen LogP contribution in [0.5, 0.6) is 0 Å². The molecule has 1 unspecified atom stereocenters. The molecule has 0 aliphatic rings. The Labute approximate surface area is 171 Å². The van der Waals surface area contributed by atoms with E-state index in [-0.39, 0.29) is 12.2 Å². The predicted molar refractivity (Wildman–Crippen MR) is 112 cm³/mol. The van der Waals surface area contributed by atoms with E-state index in [1.807, 2.05) is 13.8 Å². The average molecular weight is 414 g/mol. The van der Waals surface area contributed by atoms with Crippen LogP contribution in [0, 0.1) is 13.8 Å². The lowest BCUT2D eigenvalue weighted by Crippen LogP contribution is -2.35. The number of nitrogens with one attached hydrogen (secondary N) is 1. The Bertz CT molecular complexity index is 1140. The molecule has 2 aromatic heterocycles. The number of carbonyl (C=O) groups excluding carboxylic acids is 2. The van der Waals surface area contributed by atoms with Crippen LogP contribution in [-0.4, -0.2) is 33.5 Å². The monoisotopic (exact) mass is 414 g/mol. The highest BCUT2D eigenvalue weighted by Crippen LogP contribution is 2.25. The van der Waals surface area contributed by atoms with E-state index in [1.54, 1.807) is 32.0 Å². The fourth-order valence-electron chi connectivity index (χ4n) is 3.01. The molecule has 3 aromatic rings. The molecule has 0 saturated heterocycles. The van der Waals surface area contributed by atoms with Crippen molar-refractivity contribution in [2.45, 2.75) is 40.2 Å². The fraction of sp³-hybridized carbons (Fsp3) is 0.350. The Morgan fingerprint density at radius 2 is 2.03 bits per heavy atom. The van der Waals surface area contributed by atoms with Crippen molar-refractivity contribution in [1.82, 2.24) is 15.0 Å². The van der Waals surface area contributed by atoms with Gasteiger partial charge in [0.25, 0.3) is 5.56 Å². The van der Waals surface area contributed by atoms with Crippen LogP contribution in [0.2, 0.25) is 0 Å². The van der Waals surface area contributed by atoms with Crippen molar-refractivity contribution in [1.29, 1.82) is 0 Å². The van der Waals surface area contributed by atoms with E-state index >= 15 is 0 Å². The van der Waals surface area contributed by atoms with E-state index in [9.17, 15) is 14.4 Å². The minimum Gasteiger partial charge on any atom is -0.462 e. The van der Waals surface area contributed by atoms with Gasteiger partial charge in [-0.1, -0.05) is 18.2 Å². The number of aryl methyl sites for hydroxylation is 2. The lowest BCUT2D eigenvalue weighted by molar-refractivity contribution is -0.119. The van der Waals surface area contributed by atoms with Crippen LogP contribution < -0.4 is 10.9 Å². The van der Waals surface area contributed by atoms with Gasteiger partial charge >= 0.3 is 5.97 Å². The SMILES string of the molecule is CCOC(=O)c1cccc(NC(=O)C(CC)n2nnc3sc(C)c(C)c3c2=O)c1. The molecule has 0 aliphatic heterocycles. The summed E-state index contributed by atoms with van der Waals surface area (Å²) in [6.07, 6.45) is 0.353.